The Bertz CT molecular complexity index is 2500. The maximum absolute atomic E-state index is 13.4. The molecule has 5 aromatic rings. The van der Waals surface area contributed by atoms with Gasteiger partial charge >= 0.3 is 12.2 Å². The summed E-state index contributed by atoms with van der Waals surface area (Å²) in [5, 5.41) is 26.3. The van der Waals surface area contributed by atoms with Gasteiger partial charge in [0.2, 0.25) is 0 Å². The number of rotatable bonds is 16. The number of nitro groups is 1. The van der Waals surface area contributed by atoms with Crippen LogP contribution in [0.2, 0.25) is 0 Å². The lowest BCUT2D eigenvalue weighted by molar-refractivity contribution is -0.384. The van der Waals surface area contributed by atoms with E-state index in [1.165, 1.54) is 35.4 Å². The molecule has 22 heteroatoms. The maximum Gasteiger partial charge on any atom is 0.508 e. The number of aliphatic hydroxyl groups is 1. The molecule has 2 aliphatic rings. The number of hydrogen-bond donors (Lipinski definition) is 2. The van der Waals surface area contributed by atoms with Crippen molar-refractivity contribution in [3.05, 3.63) is 89.0 Å². The van der Waals surface area contributed by atoms with E-state index in [2.05, 4.69) is 20.3 Å². The zero-order chi connectivity index (χ0) is 44.0. The van der Waals surface area contributed by atoms with Crippen LogP contribution in [-0.2, 0) is 49.4 Å². The molecule has 0 spiro atoms. The molecule has 330 valence electrons. The van der Waals surface area contributed by atoms with Crippen LogP contribution in [-0.4, -0.2) is 134 Å². The van der Waals surface area contributed by atoms with Gasteiger partial charge in [-0.05, 0) is 24.1 Å². The van der Waals surface area contributed by atoms with E-state index in [-0.39, 0.29) is 40.3 Å². The molecule has 7 rings (SSSR count). The number of methoxy groups -OCH3 is 1. The third-order valence-corrected chi connectivity index (χ3v) is 12.1. The number of anilines is 2. The van der Waals surface area contributed by atoms with Crippen molar-refractivity contribution in [3.8, 4) is 0 Å². The van der Waals surface area contributed by atoms with E-state index in [9.17, 15) is 33.2 Å². The summed E-state index contributed by atoms with van der Waals surface area (Å²) in [6, 6.07) is 16.3. The van der Waals surface area contributed by atoms with Gasteiger partial charge in [0.15, 0.2) is 39.3 Å². The second-order valence-corrected chi connectivity index (χ2v) is 16.6. The highest BCUT2D eigenvalue weighted by molar-refractivity contribution is 7.91. The summed E-state index contributed by atoms with van der Waals surface area (Å²) in [7, 11) is 1.42. The Kier molecular flexibility index (Phi) is 13.7. The standard InChI is InChI=1S/C40H45N7O14S/c1-45(2)29-8-4-7-28-27(29)6-5-9-31(28)62(53,54)19-18-58-40(50)59-21-30-34(48)35(61-32-20-26(55-3)15-17-56-32)38(60-30)46-23-43-33-36(41-22-42-37(33)46)44-39(49)57-16-14-24-10-12-25(13-11-24)47(51)52/h4-13,22-23,26,30,32,34-35,38,48H,14-21H2,1-3H3,(H,41,42,44,49)/t26?,30-,32?,34-,35-,38-/m1/s1. The number of non-ortho nitro benzene ring substituents is 1. The molecule has 3 aromatic carbocycles. The lowest BCUT2D eigenvalue weighted by Gasteiger charge is -2.32. The molecule has 62 heavy (non-hydrogen) atoms. The molecule has 2 N–H and O–H groups in total. The van der Waals surface area contributed by atoms with E-state index in [0.717, 1.165) is 16.6 Å². The van der Waals surface area contributed by atoms with Crippen molar-refractivity contribution in [1.29, 1.82) is 0 Å². The summed E-state index contributed by atoms with van der Waals surface area (Å²) in [6.07, 6.45) is -3.99. The number of fused-ring (bicyclic) bond motifs is 2. The number of ether oxygens (including phenoxy) is 7. The van der Waals surface area contributed by atoms with Gasteiger partial charge in [-0.25, -0.2) is 33.0 Å². The summed E-state index contributed by atoms with van der Waals surface area (Å²) in [6.45, 7) is -0.710. The Morgan fingerprint density at radius 1 is 1.02 bits per heavy atom. The van der Waals surface area contributed by atoms with Crippen molar-refractivity contribution in [2.24, 2.45) is 0 Å². The number of hydrogen-bond acceptors (Lipinski definition) is 18. The van der Waals surface area contributed by atoms with Crippen molar-refractivity contribution in [1.82, 2.24) is 19.5 Å². The van der Waals surface area contributed by atoms with Crippen molar-refractivity contribution in [2.45, 2.75) is 61.1 Å². The third-order valence-electron chi connectivity index (χ3n) is 10.4. The predicted octanol–water partition coefficient (Wildman–Crippen LogP) is 4.17. The number of nitrogens with zero attached hydrogens (tertiary/aromatic N) is 6. The third kappa shape index (κ3) is 10.0. The Morgan fingerprint density at radius 3 is 2.55 bits per heavy atom. The summed E-state index contributed by atoms with van der Waals surface area (Å²) >= 11 is 0. The molecule has 6 atom stereocenters. The maximum atomic E-state index is 13.4. The summed E-state index contributed by atoms with van der Waals surface area (Å²) < 4.78 is 67.8. The van der Waals surface area contributed by atoms with E-state index in [0.29, 0.717) is 31.3 Å². The fraction of sp³-hybridized carbons (Fsp3) is 0.425. The number of nitrogens with one attached hydrogen (secondary N) is 1. The van der Waals surface area contributed by atoms with E-state index in [1.54, 1.807) is 37.4 Å². The van der Waals surface area contributed by atoms with Gasteiger partial charge in [-0.3, -0.25) is 20.0 Å². The minimum Gasteiger partial charge on any atom is -0.449 e. The molecule has 21 nitrogen and oxygen atoms in total. The highest BCUT2D eigenvalue weighted by Gasteiger charge is 2.48. The quantitative estimate of drug-likeness (QED) is 0.0801. The molecule has 2 unspecified atom stereocenters. The zero-order valence-corrected chi connectivity index (χ0v) is 34.7. The van der Waals surface area contributed by atoms with Gasteiger partial charge in [0, 0.05) is 62.6 Å². The lowest BCUT2D eigenvalue weighted by atomic mass is 10.1. The molecule has 0 radical (unpaired) electrons. The van der Waals surface area contributed by atoms with Gasteiger partial charge in [0.1, 0.15) is 37.9 Å². The van der Waals surface area contributed by atoms with E-state index >= 15 is 0 Å². The Hall–Kier alpha value is -6.04. The van der Waals surface area contributed by atoms with Gasteiger partial charge in [-0.15, -0.1) is 0 Å². The average molecular weight is 880 g/mol. The minimum absolute atomic E-state index is 0.00654. The van der Waals surface area contributed by atoms with Crippen LogP contribution >= 0.6 is 0 Å². The normalized spacial score (nSPS) is 21.4. The first kappa shape index (κ1) is 44.0. The second-order valence-electron chi connectivity index (χ2n) is 14.6. The fourth-order valence-electron chi connectivity index (χ4n) is 7.21. The van der Waals surface area contributed by atoms with Crippen LogP contribution in [0.3, 0.4) is 0 Å². The summed E-state index contributed by atoms with van der Waals surface area (Å²) in [4.78, 5) is 50.8. The van der Waals surface area contributed by atoms with Gasteiger partial charge in [0.25, 0.3) is 5.69 Å². The molecule has 2 fully saturated rings. The van der Waals surface area contributed by atoms with Crippen LogP contribution in [0, 0.1) is 10.1 Å². The number of sulfone groups is 1. The van der Waals surface area contributed by atoms with E-state index < -0.39 is 76.8 Å². The monoisotopic (exact) mass is 879 g/mol. The number of amides is 1. The van der Waals surface area contributed by atoms with Gasteiger partial charge in [0.05, 0.1) is 41.2 Å². The Balaban J connectivity index is 0.997. The lowest BCUT2D eigenvalue weighted by Crippen LogP contribution is -2.42. The largest absolute Gasteiger partial charge is 0.508 e. The molecule has 2 aromatic heterocycles. The van der Waals surface area contributed by atoms with Gasteiger partial charge in [-0.2, -0.15) is 0 Å². The first-order valence-electron chi connectivity index (χ1n) is 19.5. The molecule has 0 bridgehead atoms. The van der Waals surface area contributed by atoms with Crippen LogP contribution in [0.4, 0.5) is 26.8 Å². The molecule has 2 aliphatic heterocycles. The molecular weight excluding hydrogens is 835 g/mol. The zero-order valence-electron chi connectivity index (χ0n) is 33.9. The summed E-state index contributed by atoms with van der Waals surface area (Å²) in [5.74, 6) is -0.503. The first-order chi connectivity index (χ1) is 29.8. The number of benzene rings is 3. The van der Waals surface area contributed by atoms with Crippen molar-refractivity contribution in [2.75, 3.05) is 63.6 Å². The summed E-state index contributed by atoms with van der Waals surface area (Å²) in [5.41, 5.74) is 1.84. The van der Waals surface area contributed by atoms with Crippen LogP contribution in [0.5, 0.6) is 0 Å². The number of nitro benzene ring substituents is 1. The SMILES string of the molecule is COC1CCOC(O[C@@H]2[C@H](O)[C@@H](COC(=O)OCCS(=O)(=O)c3cccc4c(N(C)C)cccc34)O[C@H]2n2cnc3c(NC(=O)OCCc4ccc([N+](=O)[O-])cc4)ncnc32)C1. The smallest absolute Gasteiger partial charge is 0.449 e. The Morgan fingerprint density at radius 2 is 1.79 bits per heavy atom. The first-order valence-corrected chi connectivity index (χ1v) is 21.2. The molecular formula is C40H45N7O14S. The van der Waals surface area contributed by atoms with E-state index in [1.807, 2.05) is 31.1 Å². The number of carbonyl (C=O) groups is 2. The van der Waals surface area contributed by atoms with Crippen LogP contribution in [0.25, 0.3) is 21.9 Å². The Labute approximate surface area is 354 Å². The van der Waals surface area contributed by atoms with Crippen LogP contribution < -0.4 is 10.2 Å². The molecule has 0 saturated carbocycles. The highest BCUT2D eigenvalue weighted by Crippen LogP contribution is 2.37. The van der Waals surface area contributed by atoms with Crippen molar-refractivity contribution in [3.63, 3.8) is 0 Å². The number of carbonyl (C=O) groups excluding carboxylic acids is 2. The highest BCUT2D eigenvalue weighted by atomic mass is 32.2. The number of aromatic nitrogens is 4. The number of imidazole rings is 1. The van der Waals surface area contributed by atoms with Gasteiger partial charge < -0.3 is 43.2 Å². The van der Waals surface area contributed by atoms with Gasteiger partial charge in [-0.1, -0.05) is 36.4 Å². The fourth-order valence-corrected chi connectivity index (χ4v) is 8.53. The van der Waals surface area contributed by atoms with Crippen molar-refractivity contribution >= 4 is 61.2 Å². The minimum atomic E-state index is -3.89. The molecule has 1 amide bonds. The molecule has 0 aliphatic carbocycles. The van der Waals surface area contributed by atoms with Crippen LogP contribution in [0.1, 0.15) is 24.6 Å². The number of aliphatic hydroxyl groups excluding tert-OH is 1. The van der Waals surface area contributed by atoms with E-state index in [4.69, 9.17) is 33.2 Å². The van der Waals surface area contributed by atoms with Crippen LogP contribution in [0.15, 0.2) is 78.2 Å². The second kappa shape index (κ2) is 19.3. The predicted molar refractivity (Wildman–Crippen MR) is 219 cm³/mol. The average Bonchev–Trinajstić information content (AvgIpc) is 3.83. The molecule has 2 saturated heterocycles. The topological polar surface area (TPSA) is 255 Å². The molecule has 4 heterocycles. The van der Waals surface area contributed by atoms with Crippen molar-refractivity contribution < 1.29 is 61.2 Å².